The molecule has 2 aromatic heterocycles. The van der Waals surface area contributed by atoms with E-state index in [2.05, 4.69) is 20.3 Å². The summed E-state index contributed by atoms with van der Waals surface area (Å²) in [6, 6.07) is 11.3. The SMILES string of the molecule is COc1ccc(C)c2sc(NC(=O)c3cnc4ccccc4n3)nc12. The summed E-state index contributed by atoms with van der Waals surface area (Å²) in [5.74, 6) is 0.344. The zero-order valence-corrected chi connectivity index (χ0v) is 14.4. The third-order valence-electron chi connectivity index (χ3n) is 3.82. The van der Waals surface area contributed by atoms with Crippen LogP contribution in [0.15, 0.2) is 42.6 Å². The summed E-state index contributed by atoms with van der Waals surface area (Å²) < 4.78 is 6.33. The molecule has 7 heteroatoms. The molecule has 0 saturated heterocycles. The Morgan fingerprint density at radius 3 is 2.72 bits per heavy atom. The topological polar surface area (TPSA) is 77.0 Å². The van der Waals surface area contributed by atoms with Crippen LogP contribution in [0.2, 0.25) is 0 Å². The Balaban J connectivity index is 1.67. The van der Waals surface area contributed by atoms with Crippen LogP contribution < -0.4 is 10.1 Å². The molecule has 0 spiro atoms. The number of rotatable bonds is 3. The van der Waals surface area contributed by atoms with Crippen LogP contribution in [0, 0.1) is 6.92 Å². The lowest BCUT2D eigenvalue weighted by molar-refractivity contribution is 0.102. The van der Waals surface area contributed by atoms with Crippen LogP contribution in [-0.2, 0) is 0 Å². The molecule has 124 valence electrons. The Morgan fingerprint density at radius 1 is 1.12 bits per heavy atom. The standard InChI is InChI=1S/C18H14N4O2S/c1-10-7-8-14(24-2)15-16(10)25-18(21-15)22-17(23)13-9-19-11-5-3-4-6-12(11)20-13/h3-9H,1-2H3,(H,21,22,23). The van der Waals surface area contributed by atoms with Crippen LogP contribution in [0.5, 0.6) is 5.75 Å². The maximum atomic E-state index is 12.5. The molecule has 0 bridgehead atoms. The van der Waals surface area contributed by atoms with Gasteiger partial charge in [0, 0.05) is 0 Å². The summed E-state index contributed by atoms with van der Waals surface area (Å²) in [6.07, 6.45) is 1.47. The number of para-hydroxylation sites is 2. The number of hydrogen-bond donors (Lipinski definition) is 1. The molecule has 1 N–H and O–H groups in total. The van der Waals surface area contributed by atoms with Crippen molar-refractivity contribution in [3.8, 4) is 5.75 Å². The first-order chi connectivity index (χ1) is 12.2. The lowest BCUT2D eigenvalue weighted by Gasteiger charge is -2.02. The smallest absolute Gasteiger partial charge is 0.277 e. The number of nitrogens with one attached hydrogen (secondary N) is 1. The molecule has 0 aliphatic carbocycles. The number of methoxy groups -OCH3 is 1. The summed E-state index contributed by atoms with van der Waals surface area (Å²) in [7, 11) is 1.60. The number of aryl methyl sites for hydroxylation is 1. The quantitative estimate of drug-likeness (QED) is 0.608. The van der Waals surface area contributed by atoms with Gasteiger partial charge in [-0.15, -0.1) is 0 Å². The second-order valence-corrected chi connectivity index (χ2v) is 6.48. The molecule has 4 rings (SSSR count). The largest absolute Gasteiger partial charge is 0.494 e. The summed E-state index contributed by atoms with van der Waals surface area (Å²) in [5.41, 5.74) is 3.50. The van der Waals surface area contributed by atoms with Gasteiger partial charge in [0.1, 0.15) is 17.0 Å². The van der Waals surface area contributed by atoms with Gasteiger partial charge in [0.15, 0.2) is 5.13 Å². The molecule has 25 heavy (non-hydrogen) atoms. The molecular formula is C18H14N4O2S. The average Bonchev–Trinajstić information content (AvgIpc) is 3.06. The van der Waals surface area contributed by atoms with Crippen molar-refractivity contribution >= 4 is 43.6 Å². The molecular weight excluding hydrogens is 336 g/mol. The molecule has 2 heterocycles. The van der Waals surface area contributed by atoms with Crippen molar-refractivity contribution in [1.82, 2.24) is 15.0 Å². The van der Waals surface area contributed by atoms with Crippen LogP contribution in [0.1, 0.15) is 16.1 Å². The van der Waals surface area contributed by atoms with E-state index in [0.29, 0.717) is 16.4 Å². The third kappa shape index (κ3) is 2.78. The van der Waals surface area contributed by atoms with Gasteiger partial charge in [0.25, 0.3) is 5.91 Å². The highest BCUT2D eigenvalue weighted by molar-refractivity contribution is 7.22. The number of nitrogens with zero attached hydrogens (tertiary/aromatic N) is 3. The van der Waals surface area contributed by atoms with Crippen molar-refractivity contribution in [2.24, 2.45) is 0 Å². The van der Waals surface area contributed by atoms with E-state index in [4.69, 9.17) is 4.74 Å². The lowest BCUT2D eigenvalue weighted by atomic mass is 10.2. The highest BCUT2D eigenvalue weighted by Gasteiger charge is 2.15. The lowest BCUT2D eigenvalue weighted by Crippen LogP contribution is -2.13. The van der Waals surface area contributed by atoms with Crippen molar-refractivity contribution in [2.75, 3.05) is 12.4 Å². The number of anilines is 1. The van der Waals surface area contributed by atoms with E-state index in [1.165, 1.54) is 17.5 Å². The first kappa shape index (κ1) is 15.5. The maximum Gasteiger partial charge on any atom is 0.277 e. The number of aromatic nitrogens is 3. The molecule has 4 aromatic rings. The summed E-state index contributed by atoms with van der Waals surface area (Å²) in [5, 5.41) is 3.30. The van der Waals surface area contributed by atoms with E-state index < -0.39 is 0 Å². The van der Waals surface area contributed by atoms with Crippen molar-refractivity contribution in [3.63, 3.8) is 0 Å². The fourth-order valence-electron chi connectivity index (χ4n) is 2.56. The maximum absolute atomic E-state index is 12.5. The highest BCUT2D eigenvalue weighted by atomic mass is 32.1. The van der Waals surface area contributed by atoms with Gasteiger partial charge in [-0.05, 0) is 30.7 Å². The van der Waals surface area contributed by atoms with Crippen LogP contribution >= 0.6 is 11.3 Å². The third-order valence-corrected chi connectivity index (χ3v) is 4.93. The number of amides is 1. The number of carbonyl (C=O) groups excluding carboxylic acids is 1. The van der Waals surface area contributed by atoms with Crippen molar-refractivity contribution in [2.45, 2.75) is 6.92 Å². The number of hydrogen-bond acceptors (Lipinski definition) is 6. The Bertz CT molecular complexity index is 1110. The molecule has 0 atom stereocenters. The molecule has 0 aliphatic rings. The van der Waals surface area contributed by atoms with E-state index in [1.54, 1.807) is 7.11 Å². The number of benzene rings is 2. The van der Waals surface area contributed by atoms with Gasteiger partial charge in [-0.25, -0.2) is 9.97 Å². The van der Waals surface area contributed by atoms with Crippen LogP contribution in [0.4, 0.5) is 5.13 Å². The predicted octanol–water partition coefficient (Wildman–Crippen LogP) is 3.81. The van der Waals surface area contributed by atoms with Gasteiger partial charge in [-0.2, -0.15) is 0 Å². The summed E-state index contributed by atoms with van der Waals surface area (Å²) >= 11 is 1.41. The Morgan fingerprint density at radius 2 is 1.92 bits per heavy atom. The molecule has 0 aliphatic heterocycles. The number of carbonyl (C=O) groups is 1. The molecule has 2 aromatic carbocycles. The Labute approximate surface area is 147 Å². The van der Waals surface area contributed by atoms with Crippen LogP contribution in [0.25, 0.3) is 21.3 Å². The minimum Gasteiger partial charge on any atom is -0.494 e. The second kappa shape index (κ2) is 6.10. The number of thiazole rings is 1. The van der Waals surface area contributed by atoms with E-state index in [0.717, 1.165) is 21.3 Å². The second-order valence-electron chi connectivity index (χ2n) is 5.48. The van der Waals surface area contributed by atoms with Crippen molar-refractivity contribution in [1.29, 1.82) is 0 Å². The monoisotopic (exact) mass is 350 g/mol. The number of fused-ring (bicyclic) bond motifs is 2. The first-order valence-electron chi connectivity index (χ1n) is 7.63. The predicted molar refractivity (Wildman–Crippen MR) is 98.4 cm³/mol. The van der Waals surface area contributed by atoms with Crippen LogP contribution in [0.3, 0.4) is 0 Å². The van der Waals surface area contributed by atoms with E-state index in [9.17, 15) is 4.79 Å². The summed E-state index contributed by atoms with van der Waals surface area (Å²) in [4.78, 5) is 25.6. The molecule has 0 radical (unpaired) electrons. The van der Waals surface area contributed by atoms with E-state index in [-0.39, 0.29) is 11.6 Å². The summed E-state index contributed by atoms with van der Waals surface area (Å²) in [6.45, 7) is 2.00. The number of ether oxygens (including phenoxy) is 1. The first-order valence-corrected chi connectivity index (χ1v) is 8.44. The zero-order valence-electron chi connectivity index (χ0n) is 13.6. The van der Waals surface area contributed by atoms with Gasteiger partial charge in [-0.3, -0.25) is 15.1 Å². The molecule has 0 saturated carbocycles. The normalized spacial score (nSPS) is 11.0. The van der Waals surface area contributed by atoms with Gasteiger partial charge < -0.3 is 4.74 Å². The van der Waals surface area contributed by atoms with Crippen molar-refractivity contribution < 1.29 is 9.53 Å². The Hall–Kier alpha value is -3.06. The van der Waals surface area contributed by atoms with Gasteiger partial charge in [0.2, 0.25) is 0 Å². The molecule has 6 nitrogen and oxygen atoms in total. The fourth-order valence-corrected chi connectivity index (χ4v) is 3.50. The minimum absolute atomic E-state index is 0.252. The van der Waals surface area contributed by atoms with Gasteiger partial charge >= 0.3 is 0 Å². The molecule has 0 fully saturated rings. The van der Waals surface area contributed by atoms with E-state index >= 15 is 0 Å². The van der Waals surface area contributed by atoms with Gasteiger partial charge in [-0.1, -0.05) is 29.5 Å². The van der Waals surface area contributed by atoms with Gasteiger partial charge in [0.05, 0.1) is 29.0 Å². The van der Waals surface area contributed by atoms with Crippen molar-refractivity contribution in [3.05, 3.63) is 53.9 Å². The highest BCUT2D eigenvalue weighted by Crippen LogP contribution is 2.34. The molecule has 1 amide bonds. The zero-order chi connectivity index (χ0) is 17.4. The molecule has 0 unspecified atom stereocenters. The average molecular weight is 350 g/mol. The Kier molecular flexibility index (Phi) is 3.77. The fraction of sp³-hybridized carbons (Fsp3) is 0.111. The minimum atomic E-state index is -0.339. The van der Waals surface area contributed by atoms with Crippen LogP contribution in [-0.4, -0.2) is 28.0 Å². The van der Waals surface area contributed by atoms with E-state index in [1.807, 2.05) is 43.3 Å².